The van der Waals surface area contributed by atoms with Gasteiger partial charge in [-0.3, -0.25) is 0 Å². The van der Waals surface area contributed by atoms with Crippen LogP contribution in [0.1, 0.15) is 79.0 Å². The molecule has 0 saturated carbocycles. The van der Waals surface area contributed by atoms with E-state index in [1.807, 2.05) is 0 Å². The number of fused-ring (bicyclic) bond motifs is 1. The minimum Gasteiger partial charge on any atom is -0.355 e. The smallest absolute Gasteiger partial charge is 0.0466 e. The number of anilines is 2. The molecule has 3 aromatic carbocycles. The molecule has 0 aliphatic heterocycles. The van der Waals surface area contributed by atoms with Crippen molar-refractivity contribution in [1.82, 2.24) is 0 Å². The summed E-state index contributed by atoms with van der Waals surface area (Å²) in [7, 11) is 0. The second-order valence-corrected chi connectivity index (χ2v) is 11.4. The molecule has 0 unspecified atom stereocenters. The average Bonchev–Trinajstić information content (AvgIpc) is 2.59. The third kappa shape index (κ3) is 4.83. The minimum absolute atomic E-state index is 0.101. The largest absolute Gasteiger partial charge is 0.355 e. The molecule has 0 radical (unpaired) electrons. The zero-order valence-electron chi connectivity index (χ0n) is 19.7. The molecule has 3 aromatic rings. The van der Waals surface area contributed by atoms with Crippen LogP contribution in [0.25, 0.3) is 10.8 Å². The number of nitrogens with one attached hydrogen (secondary N) is 1. The molecule has 1 N–H and O–H groups in total. The summed E-state index contributed by atoms with van der Waals surface area (Å²) in [6.07, 6.45) is 0. The van der Waals surface area contributed by atoms with E-state index in [9.17, 15) is 0 Å². The highest BCUT2D eigenvalue weighted by Crippen LogP contribution is 2.36. The Labute approximate surface area is 177 Å². The van der Waals surface area contributed by atoms with Crippen molar-refractivity contribution in [3.05, 3.63) is 71.3 Å². The monoisotopic (exact) mass is 387 g/mol. The van der Waals surface area contributed by atoms with Crippen LogP contribution in [0, 0.1) is 0 Å². The van der Waals surface area contributed by atoms with Crippen molar-refractivity contribution >= 4 is 22.1 Å². The Kier molecular flexibility index (Phi) is 5.32. The van der Waals surface area contributed by atoms with Gasteiger partial charge in [0.25, 0.3) is 0 Å². The topological polar surface area (TPSA) is 12.0 Å². The van der Waals surface area contributed by atoms with Crippen molar-refractivity contribution in [3.63, 3.8) is 0 Å². The average molecular weight is 388 g/mol. The molecular formula is C28H37N. The fraction of sp³-hybridized carbons (Fsp3) is 0.429. The van der Waals surface area contributed by atoms with Crippen LogP contribution in [0.3, 0.4) is 0 Å². The molecule has 0 aliphatic rings. The summed E-state index contributed by atoms with van der Waals surface area (Å²) in [5.41, 5.74) is 6.77. The molecule has 1 heteroatoms. The SMILES string of the molecule is CC(C)(C)c1ccc(Nc2cc(C(C)(C)C)cc3ccc(C(C)(C)C)cc23)cc1. The van der Waals surface area contributed by atoms with Crippen molar-refractivity contribution in [2.75, 3.05) is 5.32 Å². The molecule has 154 valence electrons. The van der Waals surface area contributed by atoms with Crippen LogP contribution in [0.4, 0.5) is 11.4 Å². The van der Waals surface area contributed by atoms with E-state index in [1.54, 1.807) is 0 Å². The zero-order valence-corrected chi connectivity index (χ0v) is 19.7. The molecule has 0 spiro atoms. The van der Waals surface area contributed by atoms with Crippen LogP contribution in [0.2, 0.25) is 0 Å². The lowest BCUT2D eigenvalue weighted by Gasteiger charge is -2.24. The Balaban J connectivity index is 2.12. The van der Waals surface area contributed by atoms with E-state index in [0.717, 1.165) is 5.69 Å². The molecule has 0 atom stereocenters. The van der Waals surface area contributed by atoms with Crippen molar-refractivity contribution in [2.24, 2.45) is 0 Å². The Bertz CT molecular complexity index is 1000. The van der Waals surface area contributed by atoms with E-state index in [0.29, 0.717) is 0 Å². The molecule has 0 aliphatic carbocycles. The number of rotatable bonds is 2. The lowest BCUT2D eigenvalue weighted by atomic mass is 9.82. The molecule has 29 heavy (non-hydrogen) atoms. The van der Waals surface area contributed by atoms with Crippen molar-refractivity contribution in [2.45, 2.75) is 78.6 Å². The zero-order chi connectivity index (χ0) is 21.6. The Hall–Kier alpha value is -2.28. The summed E-state index contributed by atoms with van der Waals surface area (Å²) >= 11 is 0. The van der Waals surface area contributed by atoms with E-state index in [4.69, 9.17) is 0 Å². The van der Waals surface area contributed by atoms with Gasteiger partial charge >= 0.3 is 0 Å². The van der Waals surface area contributed by atoms with E-state index >= 15 is 0 Å². The molecule has 0 bridgehead atoms. The van der Waals surface area contributed by atoms with E-state index in [2.05, 4.69) is 122 Å². The van der Waals surface area contributed by atoms with Gasteiger partial charge in [0.05, 0.1) is 0 Å². The second-order valence-electron chi connectivity index (χ2n) is 11.4. The summed E-state index contributed by atoms with van der Waals surface area (Å²) in [6, 6.07) is 20.4. The van der Waals surface area contributed by atoms with E-state index in [1.165, 1.54) is 33.2 Å². The van der Waals surface area contributed by atoms with Crippen molar-refractivity contribution in [1.29, 1.82) is 0 Å². The van der Waals surface area contributed by atoms with Gasteiger partial charge in [0, 0.05) is 16.8 Å². The molecule has 0 fully saturated rings. The number of benzene rings is 3. The van der Waals surface area contributed by atoms with Gasteiger partial charge in [-0.2, -0.15) is 0 Å². The Morgan fingerprint density at radius 2 is 1.03 bits per heavy atom. The predicted molar refractivity (Wildman–Crippen MR) is 130 cm³/mol. The predicted octanol–water partition coefficient (Wildman–Crippen LogP) is 8.48. The van der Waals surface area contributed by atoms with Gasteiger partial charge < -0.3 is 5.32 Å². The van der Waals surface area contributed by atoms with Crippen molar-refractivity contribution in [3.8, 4) is 0 Å². The number of hydrogen-bond acceptors (Lipinski definition) is 1. The standard InChI is InChI=1S/C28H37N/c1-26(2,3)20-12-14-23(15-13-20)29-25-18-22(28(7,8)9)16-19-10-11-21(17-24(19)25)27(4,5)6/h10-18,29H,1-9H3. The van der Waals surface area contributed by atoms with Gasteiger partial charge in [0.1, 0.15) is 0 Å². The van der Waals surface area contributed by atoms with Crippen LogP contribution >= 0.6 is 0 Å². The highest BCUT2D eigenvalue weighted by Gasteiger charge is 2.19. The van der Waals surface area contributed by atoms with Crippen LogP contribution in [0.15, 0.2) is 54.6 Å². The lowest BCUT2D eigenvalue weighted by molar-refractivity contribution is 0.589. The number of hydrogen-bond donors (Lipinski definition) is 1. The van der Waals surface area contributed by atoms with Gasteiger partial charge in [0.2, 0.25) is 0 Å². The molecule has 0 saturated heterocycles. The first-order valence-corrected chi connectivity index (χ1v) is 10.7. The van der Waals surface area contributed by atoms with Gasteiger partial charge in [-0.25, -0.2) is 0 Å². The molecule has 3 rings (SSSR count). The first-order chi connectivity index (χ1) is 13.2. The summed E-state index contributed by atoms with van der Waals surface area (Å²) in [6.45, 7) is 20.4. The van der Waals surface area contributed by atoms with Crippen LogP contribution < -0.4 is 5.32 Å². The highest BCUT2D eigenvalue weighted by atomic mass is 14.9. The maximum atomic E-state index is 3.72. The summed E-state index contributed by atoms with van der Waals surface area (Å²) in [4.78, 5) is 0. The molecule has 0 heterocycles. The fourth-order valence-corrected chi connectivity index (χ4v) is 3.57. The highest BCUT2D eigenvalue weighted by molar-refractivity contribution is 5.97. The molecule has 0 aromatic heterocycles. The molecular weight excluding hydrogens is 350 g/mol. The summed E-state index contributed by atoms with van der Waals surface area (Å²) < 4.78 is 0. The minimum atomic E-state index is 0.101. The normalized spacial score (nSPS) is 13.0. The first kappa shape index (κ1) is 21.4. The van der Waals surface area contributed by atoms with Crippen LogP contribution in [-0.2, 0) is 16.2 Å². The van der Waals surface area contributed by atoms with Gasteiger partial charge in [-0.05, 0) is 62.6 Å². The Morgan fingerprint density at radius 3 is 1.55 bits per heavy atom. The maximum absolute atomic E-state index is 3.72. The maximum Gasteiger partial charge on any atom is 0.0466 e. The lowest BCUT2D eigenvalue weighted by Crippen LogP contribution is -2.13. The van der Waals surface area contributed by atoms with Crippen LogP contribution in [-0.4, -0.2) is 0 Å². The van der Waals surface area contributed by atoms with Gasteiger partial charge in [-0.1, -0.05) is 92.6 Å². The van der Waals surface area contributed by atoms with Crippen LogP contribution in [0.5, 0.6) is 0 Å². The van der Waals surface area contributed by atoms with Crippen molar-refractivity contribution < 1.29 is 0 Å². The second kappa shape index (κ2) is 7.20. The van der Waals surface area contributed by atoms with Gasteiger partial charge in [-0.15, -0.1) is 0 Å². The molecule has 0 amide bonds. The van der Waals surface area contributed by atoms with E-state index < -0.39 is 0 Å². The summed E-state index contributed by atoms with van der Waals surface area (Å²) in [5, 5.41) is 6.29. The summed E-state index contributed by atoms with van der Waals surface area (Å²) in [5.74, 6) is 0. The Morgan fingerprint density at radius 1 is 0.517 bits per heavy atom. The van der Waals surface area contributed by atoms with E-state index in [-0.39, 0.29) is 16.2 Å². The first-order valence-electron chi connectivity index (χ1n) is 10.7. The third-order valence-corrected chi connectivity index (χ3v) is 5.72. The molecule has 1 nitrogen and oxygen atoms in total. The van der Waals surface area contributed by atoms with Gasteiger partial charge in [0.15, 0.2) is 0 Å². The third-order valence-electron chi connectivity index (χ3n) is 5.72. The quantitative estimate of drug-likeness (QED) is 0.465. The fourth-order valence-electron chi connectivity index (χ4n) is 3.57.